The van der Waals surface area contributed by atoms with Crippen LogP contribution in [0.15, 0.2) is 18.2 Å². The number of rotatable bonds is 3. The summed E-state index contributed by atoms with van der Waals surface area (Å²) in [5.41, 5.74) is -1.64. The summed E-state index contributed by atoms with van der Waals surface area (Å²) in [5, 5.41) is 11.1. The maximum atomic E-state index is 12.7. The minimum absolute atomic E-state index is 0.0600. The molecule has 114 valence electrons. The highest BCUT2D eigenvalue weighted by molar-refractivity contribution is 5.72. The molecule has 1 saturated heterocycles. The molecule has 0 bridgehead atoms. The number of nitrogens with zero attached hydrogens (tertiary/aromatic N) is 2. The zero-order valence-electron chi connectivity index (χ0n) is 11.0. The van der Waals surface area contributed by atoms with Crippen molar-refractivity contribution in [1.29, 1.82) is 0 Å². The molecule has 0 aliphatic carbocycles. The first-order valence-corrected chi connectivity index (χ1v) is 6.42. The number of carbonyl (C=O) groups excluding carboxylic acids is 1. The molecule has 1 atom stereocenters. The lowest BCUT2D eigenvalue weighted by atomic mass is 10.0. The number of nitro groups is 1. The summed E-state index contributed by atoms with van der Waals surface area (Å²) in [6.07, 6.45) is -1.87. The normalized spacial score (nSPS) is 19.4. The van der Waals surface area contributed by atoms with Crippen LogP contribution in [-0.2, 0) is 11.0 Å². The van der Waals surface area contributed by atoms with Gasteiger partial charge >= 0.3 is 6.18 Å². The highest BCUT2D eigenvalue weighted by Gasteiger charge is 2.35. The average Bonchev–Trinajstić information content (AvgIpc) is 2.45. The summed E-state index contributed by atoms with van der Waals surface area (Å²) in [7, 11) is 0. The summed E-state index contributed by atoms with van der Waals surface area (Å²) in [6.45, 7) is 0.412. The second-order valence-corrected chi connectivity index (χ2v) is 4.85. The molecule has 0 saturated carbocycles. The van der Waals surface area contributed by atoms with E-state index < -0.39 is 28.4 Å². The Morgan fingerprint density at radius 2 is 2.05 bits per heavy atom. The van der Waals surface area contributed by atoms with Gasteiger partial charge in [0.15, 0.2) is 0 Å². The van der Waals surface area contributed by atoms with Crippen LogP contribution < -0.4 is 4.90 Å². The molecule has 1 aromatic carbocycles. The minimum atomic E-state index is -4.64. The SMILES string of the molecule is O=CC1CCCCN1c1ccc(C(F)(F)F)cc1[N+](=O)[O-]. The Bertz CT molecular complexity index is 560. The lowest BCUT2D eigenvalue weighted by Crippen LogP contribution is -2.41. The number of piperidine rings is 1. The van der Waals surface area contributed by atoms with Gasteiger partial charge in [0.05, 0.1) is 16.5 Å². The van der Waals surface area contributed by atoms with Crippen LogP contribution in [0.3, 0.4) is 0 Å². The third-order valence-electron chi connectivity index (χ3n) is 3.52. The van der Waals surface area contributed by atoms with E-state index in [0.717, 1.165) is 25.0 Å². The maximum absolute atomic E-state index is 12.7. The monoisotopic (exact) mass is 302 g/mol. The van der Waals surface area contributed by atoms with Crippen LogP contribution in [0, 0.1) is 10.1 Å². The number of aldehydes is 1. The molecule has 8 heteroatoms. The second kappa shape index (κ2) is 5.71. The lowest BCUT2D eigenvalue weighted by Gasteiger charge is -2.33. The number of hydrogen-bond acceptors (Lipinski definition) is 4. The Morgan fingerprint density at radius 1 is 1.33 bits per heavy atom. The van der Waals surface area contributed by atoms with Gasteiger partial charge in [0.1, 0.15) is 12.0 Å². The average molecular weight is 302 g/mol. The van der Waals surface area contributed by atoms with Crippen LogP contribution in [-0.4, -0.2) is 23.8 Å². The molecule has 0 aromatic heterocycles. The largest absolute Gasteiger partial charge is 0.416 e. The van der Waals surface area contributed by atoms with E-state index in [1.807, 2.05) is 0 Å². The van der Waals surface area contributed by atoms with Gasteiger partial charge in [-0.15, -0.1) is 0 Å². The van der Waals surface area contributed by atoms with Crippen LogP contribution >= 0.6 is 0 Å². The fraction of sp³-hybridized carbons (Fsp3) is 0.462. The Labute approximate surface area is 118 Å². The third-order valence-corrected chi connectivity index (χ3v) is 3.52. The lowest BCUT2D eigenvalue weighted by molar-refractivity contribution is -0.384. The minimum Gasteiger partial charge on any atom is -0.356 e. The first kappa shape index (κ1) is 15.3. The predicted molar refractivity (Wildman–Crippen MR) is 69.1 cm³/mol. The summed E-state index contributed by atoms with van der Waals surface area (Å²) in [4.78, 5) is 22.8. The van der Waals surface area contributed by atoms with Gasteiger partial charge in [-0.05, 0) is 31.4 Å². The zero-order chi connectivity index (χ0) is 15.6. The van der Waals surface area contributed by atoms with E-state index in [1.165, 1.54) is 4.90 Å². The number of nitro benzene ring substituents is 1. The van der Waals surface area contributed by atoms with E-state index in [9.17, 15) is 28.1 Å². The van der Waals surface area contributed by atoms with Crippen molar-refractivity contribution in [3.8, 4) is 0 Å². The van der Waals surface area contributed by atoms with Gasteiger partial charge in [-0.1, -0.05) is 0 Å². The molecule has 0 N–H and O–H groups in total. The quantitative estimate of drug-likeness (QED) is 0.489. The van der Waals surface area contributed by atoms with Crippen molar-refractivity contribution in [3.05, 3.63) is 33.9 Å². The number of alkyl halides is 3. The molecule has 21 heavy (non-hydrogen) atoms. The van der Waals surface area contributed by atoms with E-state index in [2.05, 4.69) is 0 Å². The van der Waals surface area contributed by atoms with Gasteiger partial charge in [-0.3, -0.25) is 10.1 Å². The number of anilines is 1. The molecular weight excluding hydrogens is 289 g/mol. The van der Waals surface area contributed by atoms with E-state index in [4.69, 9.17) is 0 Å². The fourth-order valence-electron chi connectivity index (χ4n) is 2.49. The predicted octanol–water partition coefficient (Wildman–Crippen LogP) is 3.17. The van der Waals surface area contributed by atoms with Crippen molar-refractivity contribution >= 4 is 17.7 Å². The standard InChI is InChI=1S/C13H13F3N2O3/c14-13(15,16)9-4-5-11(12(7-9)18(20)21)17-6-2-1-3-10(17)8-19/h4-5,7-8,10H,1-3,6H2. The molecule has 5 nitrogen and oxygen atoms in total. The molecule has 1 heterocycles. The molecule has 0 amide bonds. The molecule has 0 radical (unpaired) electrons. The fourth-order valence-corrected chi connectivity index (χ4v) is 2.49. The van der Waals surface area contributed by atoms with Crippen molar-refractivity contribution in [2.75, 3.05) is 11.4 Å². The first-order chi connectivity index (χ1) is 9.84. The van der Waals surface area contributed by atoms with E-state index in [0.29, 0.717) is 25.3 Å². The molecule has 1 aliphatic rings. The second-order valence-electron chi connectivity index (χ2n) is 4.85. The maximum Gasteiger partial charge on any atom is 0.416 e. The first-order valence-electron chi connectivity index (χ1n) is 6.42. The van der Waals surface area contributed by atoms with Crippen LogP contribution in [0.25, 0.3) is 0 Å². The number of carbonyl (C=O) groups is 1. The van der Waals surface area contributed by atoms with Crippen LogP contribution in [0.1, 0.15) is 24.8 Å². The number of hydrogen-bond donors (Lipinski definition) is 0. The van der Waals surface area contributed by atoms with Gasteiger partial charge in [-0.2, -0.15) is 13.2 Å². The summed E-state index contributed by atoms with van der Waals surface area (Å²) < 4.78 is 38.0. The van der Waals surface area contributed by atoms with Crippen molar-refractivity contribution in [1.82, 2.24) is 0 Å². The molecule has 1 aliphatic heterocycles. The van der Waals surface area contributed by atoms with E-state index in [-0.39, 0.29) is 5.69 Å². The molecule has 0 spiro atoms. The topological polar surface area (TPSA) is 63.5 Å². The van der Waals surface area contributed by atoms with Crippen molar-refractivity contribution < 1.29 is 22.9 Å². The summed E-state index contributed by atoms with van der Waals surface area (Å²) >= 11 is 0. The Hall–Kier alpha value is -2.12. The van der Waals surface area contributed by atoms with Crippen molar-refractivity contribution in [2.24, 2.45) is 0 Å². The van der Waals surface area contributed by atoms with E-state index >= 15 is 0 Å². The Kier molecular flexibility index (Phi) is 4.15. The van der Waals surface area contributed by atoms with Crippen molar-refractivity contribution in [3.63, 3.8) is 0 Å². The Balaban J connectivity index is 2.47. The highest BCUT2D eigenvalue weighted by Crippen LogP contribution is 2.38. The van der Waals surface area contributed by atoms with Gasteiger partial charge in [-0.25, -0.2) is 0 Å². The molecule has 1 aromatic rings. The summed E-state index contributed by atoms with van der Waals surface area (Å²) in [5.74, 6) is 0. The smallest absolute Gasteiger partial charge is 0.356 e. The third kappa shape index (κ3) is 3.14. The molecule has 1 fully saturated rings. The van der Waals surface area contributed by atoms with Crippen LogP contribution in [0.2, 0.25) is 0 Å². The van der Waals surface area contributed by atoms with Gasteiger partial charge in [0.25, 0.3) is 5.69 Å². The van der Waals surface area contributed by atoms with Gasteiger partial charge in [0, 0.05) is 12.6 Å². The molecular formula is C13H13F3N2O3. The van der Waals surface area contributed by atoms with Crippen LogP contribution in [0.4, 0.5) is 24.5 Å². The van der Waals surface area contributed by atoms with Gasteiger partial charge in [0.2, 0.25) is 0 Å². The van der Waals surface area contributed by atoms with Gasteiger partial charge < -0.3 is 9.69 Å². The Morgan fingerprint density at radius 3 is 2.62 bits per heavy atom. The van der Waals surface area contributed by atoms with E-state index in [1.54, 1.807) is 0 Å². The van der Waals surface area contributed by atoms with Crippen LogP contribution in [0.5, 0.6) is 0 Å². The summed E-state index contributed by atoms with van der Waals surface area (Å²) in [6, 6.07) is 1.86. The highest BCUT2D eigenvalue weighted by atomic mass is 19.4. The zero-order valence-corrected chi connectivity index (χ0v) is 11.0. The van der Waals surface area contributed by atoms with Crippen molar-refractivity contribution in [2.45, 2.75) is 31.5 Å². The number of halogens is 3. The number of benzene rings is 1. The molecule has 2 rings (SSSR count). The molecule has 1 unspecified atom stereocenters.